The highest BCUT2D eigenvalue weighted by Crippen LogP contribution is 2.32. The highest BCUT2D eigenvalue weighted by Gasteiger charge is 2.25. The third-order valence-corrected chi connectivity index (χ3v) is 6.65. The predicted molar refractivity (Wildman–Crippen MR) is 124 cm³/mol. The number of rotatable bonds is 4. The summed E-state index contributed by atoms with van der Waals surface area (Å²) in [5.41, 5.74) is 5.42. The minimum absolute atomic E-state index is 0.180. The van der Waals surface area contributed by atoms with Crippen LogP contribution in [0.3, 0.4) is 0 Å². The molecule has 5 nitrogen and oxygen atoms in total. The second-order valence-corrected chi connectivity index (χ2v) is 9.01. The van der Waals surface area contributed by atoms with Gasteiger partial charge in [-0.15, -0.1) is 0 Å². The van der Waals surface area contributed by atoms with Crippen LogP contribution in [0.1, 0.15) is 41.3 Å². The fourth-order valence-corrected chi connectivity index (χ4v) is 4.98. The van der Waals surface area contributed by atoms with Gasteiger partial charge in [-0.3, -0.25) is 4.90 Å². The molecule has 0 spiro atoms. The van der Waals surface area contributed by atoms with Crippen molar-refractivity contribution in [1.82, 2.24) is 24.5 Å². The normalized spacial score (nSPS) is 17.2. The number of hydrogen-bond acceptors (Lipinski definition) is 4. The van der Waals surface area contributed by atoms with E-state index in [2.05, 4.69) is 26.0 Å². The lowest BCUT2D eigenvalue weighted by Gasteiger charge is -2.33. The zero-order chi connectivity index (χ0) is 22.2. The SMILES string of the molecule is Cc1cc(C2CCCN(Cc3c(C)cc(-c4ccccc4Cl)cc3F)C2)n2ncnc2n1. The van der Waals surface area contributed by atoms with Crippen molar-refractivity contribution >= 4 is 17.4 Å². The lowest BCUT2D eigenvalue weighted by atomic mass is 9.93. The van der Waals surface area contributed by atoms with Gasteiger partial charge in [0, 0.05) is 40.9 Å². The average molecular weight is 450 g/mol. The smallest absolute Gasteiger partial charge is 0.252 e. The number of aryl methyl sites for hydroxylation is 2. The van der Waals surface area contributed by atoms with Crippen molar-refractivity contribution in [2.24, 2.45) is 0 Å². The molecule has 2 aromatic heterocycles. The van der Waals surface area contributed by atoms with E-state index in [1.165, 1.54) is 0 Å². The van der Waals surface area contributed by atoms with Crippen LogP contribution in [0.2, 0.25) is 5.02 Å². The molecule has 0 aliphatic carbocycles. The van der Waals surface area contributed by atoms with Gasteiger partial charge in [-0.1, -0.05) is 35.9 Å². The van der Waals surface area contributed by atoms with E-state index in [1.807, 2.05) is 48.7 Å². The van der Waals surface area contributed by atoms with Gasteiger partial charge in [-0.05, 0) is 62.6 Å². The highest BCUT2D eigenvalue weighted by molar-refractivity contribution is 6.33. The fraction of sp³-hybridized carbons (Fsp3) is 0.320. The summed E-state index contributed by atoms with van der Waals surface area (Å²) in [7, 11) is 0. The second kappa shape index (κ2) is 8.60. The number of halogens is 2. The van der Waals surface area contributed by atoms with Crippen molar-refractivity contribution in [3.63, 3.8) is 0 Å². The Bertz CT molecular complexity index is 1260. The molecule has 1 saturated heterocycles. The van der Waals surface area contributed by atoms with Crippen LogP contribution < -0.4 is 0 Å². The molecule has 0 amide bonds. The van der Waals surface area contributed by atoms with E-state index < -0.39 is 0 Å². The van der Waals surface area contributed by atoms with Gasteiger partial charge in [0.05, 0.1) is 5.69 Å². The summed E-state index contributed by atoms with van der Waals surface area (Å²) in [4.78, 5) is 11.1. The molecule has 3 heterocycles. The summed E-state index contributed by atoms with van der Waals surface area (Å²) in [6.07, 6.45) is 3.67. The van der Waals surface area contributed by atoms with E-state index in [-0.39, 0.29) is 5.82 Å². The van der Waals surface area contributed by atoms with Gasteiger partial charge >= 0.3 is 0 Å². The summed E-state index contributed by atoms with van der Waals surface area (Å²) in [5.74, 6) is 0.759. The van der Waals surface area contributed by atoms with Crippen molar-refractivity contribution in [3.8, 4) is 11.1 Å². The lowest BCUT2D eigenvalue weighted by molar-refractivity contribution is 0.195. The van der Waals surface area contributed by atoms with Crippen LogP contribution in [0, 0.1) is 19.7 Å². The Labute approximate surface area is 191 Å². The van der Waals surface area contributed by atoms with Crippen LogP contribution in [-0.4, -0.2) is 37.6 Å². The number of likely N-dealkylation sites (tertiary alicyclic amines) is 1. The molecular weight excluding hydrogens is 425 g/mol. The van der Waals surface area contributed by atoms with E-state index in [1.54, 1.807) is 12.4 Å². The van der Waals surface area contributed by atoms with Gasteiger partial charge in [0.1, 0.15) is 12.1 Å². The molecule has 164 valence electrons. The van der Waals surface area contributed by atoms with E-state index >= 15 is 4.39 Å². The first-order valence-electron chi connectivity index (χ1n) is 10.9. The monoisotopic (exact) mass is 449 g/mol. The lowest BCUT2D eigenvalue weighted by Crippen LogP contribution is -2.35. The zero-order valence-electron chi connectivity index (χ0n) is 18.2. The van der Waals surface area contributed by atoms with E-state index in [0.717, 1.165) is 59.6 Å². The number of hydrogen-bond donors (Lipinski definition) is 0. The van der Waals surface area contributed by atoms with Crippen molar-refractivity contribution in [1.29, 1.82) is 0 Å². The molecule has 32 heavy (non-hydrogen) atoms. The molecule has 1 aliphatic rings. The topological polar surface area (TPSA) is 46.3 Å². The van der Waals surface area contributed by atoms with Gasteiger partial charge in [-0.25, -0.2) is 13.9 Å². The fourth-order valence-electron chi connectivity index (χ4n) is 4.74. The van der Waals surface area contributed by atoms with Gasteiger partial charge in [0.15, 0.2) is 0 Å². The summed E-state index contributed by atoms with van der Waals surface area (Å²) >= 11 is 6.33. The second-order valence-electron chi connectivity index (χ2n) is 8.60. The predicted octanol–water partition coefficient (Wildman–Crippen LogP) is 5.58. The minimum Gasteiger partial charge on any atom is -0.298 e. The molecule has 2 aromatic carbocycles. The molecule has 1 fully saturated rings. The number of aromatic nitrogens is 4. The number of fused-ring (bicyclic) bond motifs is 1. The largest absolute Gasteiger partial charge is 0.298 e. The van der Waals surface area contributed by atoms with Crippen LogP contribution in [0.25, 0.3) is 16.9 Å². The molecule has 5 rings (SSSR count). The van der Waals surface area contributed by atoms with Crippen molar-refractivity contribution in [2.45, 2.75) is 39.2 Å². The molecule has 7 heteroatoms. The van der Waals surface area contributed by atoms with Crippen LogP contribution in [0.4, 0.5) is 4.39 Å². The standard InChI is InChI=1S/C25H25ClFN5/c1-16-10-19(20-7-3-4-8-22(20)26)12-23(27)21(16)14-31-9-5-6-18(13-31)24-11-17(2)30-25-28-15-29-32(24)25/h3-4,7-8,10-12,15,18H,5-6,9,13-14H2,1-2H3. The molecule has 0 N–H and O–H groups in total. The van der Waals surface area contributed by atoms with Crippen LogP contribution in [0.5, 0.6) is 0 Å². The van der Waals surface area contributed by atoms with Gasteiger partial charge in [0.2, 0.25) is 0 Å². The first kappa shape index (κ1) is 21.0. The maximum atomic E-state index is 15.2. The van der Waals surface area contributed by atoms with Crippen LogP contribution >= 0.6 is 11.6 Å². The summed E-state index contributed by atoms with van der Waals surface area (Å²) in [6.45, 7) is 6.35. The molecular formula is C25H25ClFN5. The summed E-state index contributed by atoms with van der Waals surface area (Å²) in [5, 5.41) is 5.00. The average Bonchev–Trinajstić information content (AvgIpc) is 3.24. The van der Waals surface area contributed by atoms with Gasteiger partial charge in [-0.2, -0.15) is 10.1 Å². The zero-order valence-corrected chi connectivity index (χ0v) is 19.0. The van der Waals surface area contributed by atoms with E-state index in [9.17, 15) is 0 Å². The molecule has 0 saturated carbocycles. The quantitative estimate of drug-likeness (QED) is 0.408. The highest BCUT2D eigenvalue weighted by atomic mass is 35.5. The number of nitrogens with zero attached hydrogens (tertiary/aromatic N) is 5. The first-order chi connectivity index (χ1) is 15.5. The number of piperidine rings is 1. The van der Waals surface area contributed by atoms with Gasteiger partial charge < -0.3 is 0 Å². The van der Waals surface area contributed by atoms with Crippen LogP contribution in [0.15, 0.2) is 48.8 Å². The summed E-state index contributed by atoms with van der Waals surface area (Å²) in [6, 6.07) is 13.3. The molecule has 1 atom stereocenters. The van der Waals surface area contributed by atoms with E-state index in [0.29, 0.717) is 23.3 Å². The third-order valence-electron chi connectivity index (χ3n) is 6.32. The Kier molecular flexibility index (Phi) is 5.66. The Morgan fingerprint density at radius 1 is 1.16 bits per heavy atom. The maximum absolute atomic E-state index is 15.2. The minimum atomic E-state index is -0.180. The maximum Gasteiger partial charge on any atom is 0.252 e. The third kappa shape index (κ3) is 4.00. The van der Waals surface area contributed by atoms with Crippen molar-refractivity contribution in [2.75, 3.05) is 13.1 Å². The Morgan fingerprint density at radius 2 is 2.00 bits per heavy atom. The molecule has 1 unspecified atom stereocenters. The molecule has 0 bridgehead atoms. The van der Waals surface area contributed by atoms with Crippen molar-refractivity contribution < 1.29 is 4.39 Å². The Morgan fingerprint density at radius 3 is 2.81 bits per heavy atom. The Balaban J connectivity index is 1.39. The summed E-state index contributed by atoms with van der Waals surface area (Å²) < 4.78 is 17.1. The number of benzene rings is 2. The van der Waals surface area contributed by atoms with Crippen LogP contribution in [-0.2, 0) is 6.54 Å². The molecule has 4 aromatic rings. The van der Waals surface area contributed by atoms with E-state index in [4.69, 9.17) is 11.6 Å². The molecule has 0 radical (unpaired) electrons. The molecule has 1 aliphatic heterocycles. The first-order valence-corrected chi connectivity index (χ1v) is 11.3. The Hall–Kier alpha value is -2.83. The van der Waals surface area contributed by atoms with Crippen molar-refractivity contribution in [3.05, 3.63) is 82.1 Å². The van der Waals surface area contributed by atoms with Gasteiger partial charge in [0.25, 0.3) is 5.78 Å².